The number of aryl methyl sites for hydroxylation is 1. The van der Waals surface area contributed by atoms with Crippen molar-refractivity contribution < 1.29 is 9.53 Å². The van der Waals surface area contributed by atoms with E-state index in [4.69, 9.17) is 4.74 Å². The second kappa shape index (κ2) is 13.0. The van der Waals surface area contributed by atoms with Gasteiger partial charge in [0.05, 0.1) is 6.61 Å². The van der Waals surface area contributed by atoms with E-state index in [0.717, 1.165) is 23.3 Å². The second-order valence-corrected chi connectivity index (χ2v) is 6.52. The molecule has 0 aromatic heterocycles. The van der Waals surface area contributed by atoms with Gasteiger partial charge in [-0.15, -0.1) is 24.0 Å². The molecule has 1 amide bonds. The van der Waals surface area contributed by atoms with Gasteiger partial charge in [-0.3, -0.25) is 9.79 Å². The van der Waals surface area contributed by atoms with Gasteiger partial charge in [-0.05, 0) is 42.7 Å². The van der Waals surface area contributed by atoms with Crippen molar-refractivity contribution in [3.05, 3.63) is 64.7 Å². The van der Waals surface area contributed by atoms with E-state index < -0.39 is 0 Å². The van der Waals surface area contributed by atoms with E-state index in [1.165, 1.54) is 5.56 Å². The summed E-state index contributed by atoms with van der Waals surface area (Å²) in [6, 6.07) is 13.7. The summed E-state index contributed by atoms with van der Waals surface area (Å²) in [5, 5.41) is 9.24. The molecule has 0 unspecified atom stereocenters. The first-order valence-corrected chi connectivity index (χ1v) is 9.55. The molecular formula is C22H31IN4O2. The Hall–Kier alpha value is -2.29. The molecule has 0 spiro atoms. The molecule has 7 heteroatoms. The summed E-state index contributed by atoms with van der Waals surface area (Å²) in [5.74, 6) is 1.50. The molecule has 2 aromatic carbocycles. The zero-order chi connectivity index (χ0) is 20.4. The Bertz CT molecular complexity index is 824. The van der Waals surface area contributed by atoms with E-state index in [9.17, 15) is 4.79 Å². The van der Waals surface area contributed by atoms with E-state index in [1.54, 1.807) is 20.2 Å². The van der Waals surface area contributed by atoms with Crippen LogP contribution in [0.5, 0.6) is 5.75 Å². The SMILES string of the molecule is CCCOc1cc(C)ccc1CNC(=NC)NCc1cccc(C(=O)NC)c1.I. The van der Waals surface area contributed by atoms with Crippen molar-refractivity contribution in [3.63, 3.8) is 0 Å². The molecule has 0 bridgehead atoms. The Kier molecular flexibility index (Phi) is 11.1. The summed E-state index contributed by atoms with van der Waals surface area (Å²) in [6.45, 7) is 6.03. The molecule has 158 valence electrons. The Morgan fingerprint density at radius 3 is 2.55 bits per heavy atom. The number of rotatable bonds is 8. The number of nitrogens with zero attached hydrogens (tertiary/aromatic N) is 1. The van der Waals surface area contributed by atoms with Crippen LogP contribution in [0.2, 0.25) is 0 Å². The zero-order valence-electron chi connectivity index (χ0n) is 17.5. The molecule has 0 saturated heterocycles. The summed E-state index contributed by atoms with van der Waals surface area (Å²) in [4.78, 5) is 16.0. The van der Waals surface area contributed by atoms with E-state index in [2.05, 4.69) is 53.0 Å². The first kappa shape index (κ1) is 24.7. The lowest BCUT2D eigenvalue weighted by atomic mass is 10.1. The minimum Gasteiger partial charge on any atom is -0.493 e. The molecule has 0 aliphatic carbocycles. The van der Waals surface area contributed by atoms with Crippen molar-refractivity contribution in [1.29, 1.82) is 0 Å². The van der Waals surface area contributed by atoms with Crippen molar-refractivity contribution in [3.8, 4) is 5.75 Å². The van der Waals surface area contributed by atoms with Crippen molar-refractivity contribution in [1.82, 2.24) is 16.0 Å². The summed E-state index contributed by atoms with van der Waals surface area (Å²) in [7, 11) is 3.36. The maximum atomic E-state index is 11.8. The van der Waals surface area contributed by atoms with Gasteiger partial charge < -0.3 is 20.7 Å². The third-order valence-corrected chi connectivity index (χ3v) is 4.23. The summed E-state index contributed by atoms with van der Waals surface area (Å²) in [5.41, 5.74) is 3.91. The molecule has 2 rings (SSSR count). The van der Waals surface area contributed by atoms with Gasteiger partial charge in [0, 0.05) is 38.3 Å². The molecule has 29 heavy (non-hydrogen) atoms. The zero-order valence-corrected chi connectivity index (χ0v) is 19.9. The highest BCUT2D eigenvalue weighted by Crippen LogP contribution is 2.20. The minimum absolute atomic E-state index is 0. The Balaban J connectivity index is 0.00000420. The van der Waals surface area contributed by atoms with Gasteiger partial charge in [-0.25, -0.2) is 0 Å². The van der Waals surface area contributed by atoms with Gasteiger partial charge in [0.15, 0.2) is 5.96 Å². The molecule has 0 aliphatic rings. The van der Waals surface area contributed by atoms with Crippen LogP contribution in [0.1, 0.15) is 40.4 Å². The molecule has 0 fully saturated rings. The molecule has 0 aliphatic heterocycles. The average molecular weight is 510 g/mol. The van der Waals surface area contributed by atoms with Gasteiger partial charge in [-0.1, -0.05) is 31.2 Å². The van der Waals surface area contributed by atoms with Crippen molar-refractivity contribution >= 4 is 35.8 Å². The van der Waals surface area contributed by atoms with Crippen LogP contribution < -0.4 is 20.7 Å². The Morgan fingerprint density at radius 2 is 1.86 bits per heavy atom. The molecule has 0 saturated carbocycles. The van der Waals surface area contributed by atoms with Crippen LogP contribution in [-0.2, 0) is 13.1 Å². The van der Waals surface area contributed by atoms with E-state index >= 15 is 0 Å². The van der Waals surface area contributed by atoms with Crippen LogP contribution in [0.15, 0.2) is 47.5 Å². The van der Waals surface area contributed by atoms with Gasteiger partial charge >= 0.3 is 0 Å². The molecular weight excluding hydrogens is 479 g/mol. The predicted octanol–water partition coefficient (Wildman–Crippen LogP) is 3.63. The van der Waals surface area contributed by atoms with Crippen molar-refractivity contribution in [2.75, 3.05) is 20.7 Å². The van der Waals surface area contributed by atoms with Crippen LogP contribution in [0.25, 0.3) is 0 Å². The quantitative estimate of drug-likeness (QED) is 0.288. The van der Waals surface area contributed by atoms with Crippen LogP contribution in [0.3, 0.4) is 0 Å². The van der Waals surface area contributed by atoms with E-state index in [1.807, 2.05) is 18.2 Å². The number of amides is 1. The van der Waals surface area contributed by atoms with E-state index in [0.29, 0.717) is 31.2 Å². The summed E-state index contributed by atoms with van der Waals surface area (Å²) >= 11 is 0. The first-order valence-electron chi connectivity index (χ1n) is 9.55. The molecule has 3 N–H and O–H groups in total. The Morgan fingerprint density at radius 1 is 1.10 bits per heavy atom. The van der Waals surface area contributed by atoms with Crippen LogP contribution >= 0.6 is 24.0 Å². The van der Waals surface area contributed by atoms with Gasteiger partial charge in [0.1, 0.15) is 5.75 Å². The number of guanidine groups is 1. The topological polar surface area (TPSA) is 74.8 Å². The maximum Gasteiger partial charge on any atom is 0.251 e. The van der Waals surface area contributed by atoms with E-state index in [-0.39, 0.29) is 29.9 Å². The second-order valence-electron chi connectivity index (χ2n) is 6.52. The lowest BCUT2D eigenvalue weighted by Crippen LogP contribution is -2.36. The fourth-order valence-electron chi connectivity index (χ4n) is 2.71. The predicted molar refractivity (Wildman–Crippen MR) is 129 cm³/mol. The number of hydrogen-bond donors (Lipinski definition) is 3. The fraction of sp³-hybridized carbons (Fsp3) is 0.364. The normalized spacial score (nSPS) is 10.7. The van der Waals surface area contributed by atoms with Crippen LogP contribution in [0, 0.1) is 6.92 Å². The van der Waals surface area contributed by atoms with Crippen LogP contribution in [0.4, 0.5) is 0 Å². The number of aliphatic imine (C=N–C) groups is 1. The van der Waals surface area contributed by atoms with Crippen LogP contribution in [-0.4, -0.2) is 32.6 Å². The third kappa shape index (κ3) is 7.92. The molecule has 0 heterocycles. The number of halogens is 1. The number of hydrogen-bond acceptors (Lipinski definition) is 3. The molecule has 0 atom stereocenters. The van der Waals surface area contributed by atoms with Crippen molar-refractivity contribution in [2.24, 2.45) is 4.99 Å². The largest absolute Gasteiger partial charge is 0.493 e. The summed E-state index contributed by atoms with van der Waals surface area (Å²) < 4.78 is 5.87. The lowest BCUT2D eigenvalue weighted by molar-refractivity contribution is 0.0963. The third-order valence-electron chi connectivity index (χ3n) is 4.23. The van der Waals surface area contributed by atoms with Gasteiger partial charge in [0.2, 0.25) is 0 Å². The number of carbonyl (C=O) groups excluding carboxylic acids is 1. The first-order chi connectivity index (χ1) is 13.6. The molecule has 0 radical (unpaired) electrons. The highest BCUT2D eigenvalue weighted by Gasteiger charge is 2.07. The lowest BCUT2D eigenvalue weighted by Gasteiger charge is -2.15. The highest BCUT2D eigenvalue weighted by molar-refractivity contribution is 14.0. The average Bonchev–Trinajstić information content (AvgIpc) is 2.72. The van der Waals surface area contributed by atoms with Crippen molar-refractivity contribution in [2.45, 2.75) is 33.4 Å². The monoisotopic (exact) mass is 510 g/mol. The molecule has 2 aromatic rings. The minimum atomic E-state index is -0.0941. The van der Waals surface area contributed by atoms with Gasteiger partial charge in [-0.2, -0.15) is 0 Å². The van der Waals surface area contributed by atoms with Gasteiger partial charge in [0.25, 0.3) is 5.91 Å². The Labute approximate surface area is 190 Å². The number of ether oxygens (including phenoxy) is 1. The highest BCUT2D eigenvalue weighted by atomic mass is 127. The standard InChI is InChI=1S/C22H30N4O2.HI/c1-5-11-28-20-12-16(2)9-10-19(20)15-26-22(24-4)25-14-17-7-6-8-18(13-17)21(27)23-3;/h6-10,12-13H,5,11,14-15H2,1-4H3,(H,23,27)(H2,24,25,26);1H. The number of benzene rings is 2. The smallest absolute Gasteiger partial charge is 0.251 e. The molecule has 6 nitrogen and oxygen atoms in total. The summed E-state index contributed by atoms with van der Waals surface area (Å²) in [6.07, 6.45) is 0.971. The number of carbonyl (C=O) groups is 1. The fourth-order valence-corrected chi connectivity index (χ4v) is 2.71. The number of nitrogens with one attached hydrogen (secondary N) is 3. The maximum absolute atomic E-state index is 11.8.